The van der Waals surface area contributed by atoms with Crippen LogP contribution < -0.4 is 5.32 Å². The van der Waals surface area contributed by atoms with E-state index in [1.54, 1.807) is 0 Å². The molecule has 0 aliphatic heterocycles. The van der Waals surface area contributed by atoms with Crippen molar-refractivity contribution in [3.8, 4) is 11.4 Å². The Bertz CT molecular complexity index is 1350. The van der Waals surface area contributed by atoms with Gasteiger partial charge in [0, 0.05) is 16.8 Å². The molecule has 0 bridgehead atoms. The van der Waals surface area contributed by atoms with Crippen molar-refractivity contribution in [2.75, 3.05) is 5.32 Å². The highest BCUT2D eigenvalue weighted by molar-refractivity contribution is 6.03. The molecule has 37 heavy (non-hydrogen) atoms. The summed E-state index contributed by atoms with van der Waals surface area (Å²) in [4.78, 5) is 25.9. The Labute approximate surface area is 206 Å². The Morgan fingerprint density at radius 1 is 1.05 bits per heavy atom. The molecule has 8 nitrogen and oxygen atoms in total. The molecule has 1 heterocycles. The number of amides is 1. The second kappa shape index (κ2) is 9.20. The molecule has 3 aromatic rings. The van der Waals surface area contributed by atoms with Crippen LogP contribution in [0.1, 0.15) is 60.0 Å². The Hall–Kier alpha value is -3.90. The molecule has 0 radical (unpaired) electrons. The molecule has 2 N–H and O–H groups in total. The van der Waals surface area contributed by atoms with Gasteiger partial charge in [0.1, 0.15) is 23.3 Å². The minimum atomic E-state index is -4.73. The summed E-state index contributed by atoms with van der Waals surface area (Å²) in [6.45, 7) is 0. The van der Waals surface area contributed by atoms with Crippen molar-refractivity contribution in [3.05, 3.63) is 58.7 Å². The van der Waals surface area contributed by atoms with Gasteiger partial charge in [-0.25, -0.2) is 18.7 Å². The zero-order chi connectivity index (χ0) is 26.4. The first-order chi connectivity index (χ1) is 17.6. The molecule has 2 aromatic carbocycles. The van der Waals surface area contributed by atoms with Crippen LogP contribution in [0.3, 0.4) is 0 Å². The summed E-state index contributed by atoms with van der Waals surface area (Å²) >= 11 is 0. The van der Waals surface area contributed by atoms with E-state index in [9.17, 15) is 27.2 Å². The molecule has 13 heteroatoms. The van der Waals surface area contributed by atoms with Crippen LogP contribution in [-0.2, 0) is 21.1 Å². The molecule has 5 rings (SSSR count). The molecule has 0 atom stereocenters. The van der Waals surface area contributed by atoms with E-state index in [4.69, 9.17) is 4.74 Å². The molecule has 0 unspecified atom stereocenters. The zero-order valence-corrected chi connectivity index (χ0v) is 19.2. The first kappa shape index (κ1) is 24.8. The number of nitrogens with zero attached hydrogens (tertiary/aromatic N) is 3. The molecule has 2 saturated carbocycles. The van der Waals surface area contributed by atoms with Crippen LogP contribution in [0.4, 0.5) is 27.6 Å². The average Bonchev–Trinajstić information content (AvgIpc) is 3.19. The number of hydrogen-bond acceptors (Lipinski definition) is 6. The monoisotopic (exact) mass is 521 g/mol. The van der Waals surface area contributed by atoms with Gasteiger partial charge in [-0.05, 0) is 73.2 Å². The summed E-state index contributed by atoms with van der Waals surface area (Å²) < 4.78 is 74.1. The second-order valence-electron chi connectivity index (χ2n) is 9.17. The van der Waals surface area contributed by atoms with Gasteiger partial charge in [0.15, 0.2) is 5.82 Å². The van der Waals surface area contributed by atoms with Gasteiger partial charge in [0.25, 0.3) is 0 Å². The highest BCUT2D eigenvalue weighted by Gasteiger charge is 2.53. The number of benzene rings is 2. The number of esters is 1. The maximum absolute atomic E-state index is 15.2. The van der Waals surface area contributed by atoms with Gasteiger partial charge in [-0.2, -0.15) is 13.2 Å². The van der Waals surface area contributed by atoms with Gasteiger partial charge in [-0.1, -0.05) is 6.07 Å². The average molecular weight is 521 g/mol. The SMILES string of the molecule is O=C(OC1CCCC1)c1c(F)cc(NC(=O)C2(c3ccc(C(F)(F)F)cc3F)CC2)cc1-c1nnn[nH]1. The molecule has 0 spiro atoms. The quantitative estimate of drug-likeness (QED) is 0.352. The Balaban J connectivity index is 1.44. The van der Waals surface area contributed by atoms with Crippen molar-refractivity contribution < 1.29 is 36.3 Å². The number of rotatable bonds is 6. The molecule has 1 aromatic heterocycles. The van der Waals surface area contributed by atoms with Crippen LogP contribution in [-0.4, -0.2) is 38.6 Å². The van der Waals surface area contributed by atoms with Crippen LogP contribution >= 0.6 is 0 Å². The van der Waals surface area contributed by atoms with E-state index in [0.29, 0.717) is 25.0 Å². The maximum Gasteiger partial charge on any atom is 0.416 e. The van der Waals surface area contributed by atoms with Crippen LogP contribution in [0.5, 0.6) is 0 Å². The van der Waals surface area contributed by atoms with Crippen molar-refractivity contribution in [1.82, 2.24) is 20.6 Å². The first-order valence-corrected chi connectivity index (χ1v) is 11.6. The molecule has 2 aliphatic rings. The number of carbonyl (C=O) groups is 2. The fraction of sp³-hybridized carbons (Fsp3) is 0.375. The third-order valence-electron chi connectivity index (χ3n) is 6.73. The normalized spacial score (nSPS) is 17.0. The number of hydrogen-bond donors (Lipinski definition) is 2. The first-order valence-electron chi connectivity index (χ1n) is 11.6. The molecular weight excluding hydrogens is 501 g/mol. The number of anilines is 1. The zero-order valence-electron chi connectivity index (χ0n) is 19.2. The van der Waals surface area contributed by atoms with Crippen LogP contribution in [0.15, 0.2) is 30.3 Å². The molecule has 2 fully saturated rings. The van der Waals surface area contributed by atoms with Crippen LogP contribution in [0.25, 0.3) is 11.4 Å². The van der Waals surface area contributed by atoms with Gasteiger partial charge < -0.3 is 10.1 Å². The van der Waals surface area contributed by atoms with Gasteiger partial charge in [0.2, 0.25) is 5.91 Å². The molecule has 2 aliphatic carbocycles. The summed E-state index contributed by atoms with van der Waals surface area (Å²) in [7, 11) is 0. The number of aromatic nitrogens is 4. The molecular formula is C24H20F5N5O3. The van der Waals surface area contributed by atoms with Gasteiger partial charge in [-0.15, -0.1) is 5.10 Å². The summed E-state index contributed by atoms with van der Waals surface area (Å²) in [6.07, 6.45) is -1.56. The molecule has 194 valence electrons. The Morgan fingerprint density at radius 2 is 1.78 bits per heavy atom. The Morgan fingerprint density at radius 3 is 2.38 bits per heavy atom. The minimum absolute atomic E-state index is 0.0525. The maximum atomic E-state index is 15.2. The third-order valence-corrected chi connectivity index (χ3v) is 6.73. The standard InChI is InChI=1S/C24H20F5N5O3/c25-17-9-12(24(27,28)29)5-6-16(17)23(7-8-23)22(36)30-13-10-15(20-31-33-34-32-20)19(18(26)11-13)21(35)37-14-3-1-2-4-14/h5-6,9-11,14H,1-4,7-8H2,(H,30,36)(H,31,32,33,34). The topological polar surface area (TPSA) is 110 Å². The van der Waals surface area contributed by atoms with Crippen LogP contribution in [0, 0.1) is 11.6 Å². The van der Waals surface area contributed by atoms with E-state index in [0.717, 1.165) is 25.0 Å². The number of halogens is 5. The van der Waals surface area contributed by atoms with Gasteiger partial charge in [-0.3, -0.25) is 4.79 Å². The van der Waals surface area contributed by atoms with E-state index in [1.807, 2.05) is 0 Å². The fourth-order valence-electron chi connectivity index (χ4n) is 4.64. The number of alkyl halides is 3. The highest BCUT2D eigenvalue weighted by atomic mass is 19.4. The van der Waals surface area contributed by atoms with Crippen molar-refractivity contribution in [3.63, 3.8) is 0 Å². The number of ether oxygens (including phenoxy) is 1. The van der Waals surface area contributed by atoms with Gasteiger partial charge in [0.05, 0.1) is 11.0 Å². The van der Waals surface area contributed by atoms with Gasteiger partial charge >= 0.3 is 12.1 Å². The number of carbonyl (C=O) groups excluding carboxylic acids is 2. The predicted octanol–water partition coefficient (Wildman–Crippen LogP) is 4.93. The lowest BCUT2D eigenvalue weighted by atomic mass is 9.93. The smallest absolute Gasteiger partial charge is 0.416 e. The van der Waals surface area contributed by atoms with Crippen molar-refractivity contribution in [2.45, 2.75) is 56.2 Å². The van der Waals surface area contributed by atoms with E-state index >= 15 is 4.39 Å². The summed E-state index contributed by atoms with van der Waals surface area (Å²) in [5.41, 5.74) is -3.32. The van der Waals surface area contributed by atoms with E-state index in [1.165, 1.54) is 6.07 Å². The Kier molecular flexibility index (Phi) is 6.16. The number of H-pyrrole nitrogens is 1. The summed E-state index contributed by atoms with van der Waals surface area (Å²) in [5, 5.41) is 15.5. The number of tetrazole rings is 1. The van der Waals surface area contributed by atoms with E-state index in [-0.39, 0.29) is 41.6 Å². The van der Waals surface area contributed by atoms with Crippen molar-refractivity contribution in [1.29, 1.82) is 0 Å². The van der Waals surface area contributed by atoms with Crippen LogP contribution in [0.2, 0.25) is 0 Å². The number of aromatic amines is 1. The van der Waals surface area contributed by atoms with E-state index in [2.05, 4.69) is 25.9 Å². The fourth-order valence-corrected chi connectivity index (χ4v) is 4.64. The van der Waals surface area contributed by atoms with Crippen molar-refractivity contribution in [2.24, 2.45) is 0 Å². The predicted molar refractivity (Wildman–Crippen MR) is 118 cm³/mol. The van der Waals surface area contributed by atoms with E-state index < -0.39 is 46.2 Å². The summed E-state index contributed by atoms with van der Waals surface area (Å²) in [5.74, 6) is -3.85. The lowest BCUT2D eigenvalue weighted by Crippen LogP contribution is -2.29. The van der Waals surface area contributed by atoms with Crippen molar-refractivity contribution >= 4 is 17.6 Å². The molecule has 0 saturated heterocycles. The second-order valence-corrected chi connectivity index (χ2v) is 9.17. The summed E-state index contributed by atoms with van der Waals surface area (Å²) in [6, 6.07) is 4.19. The highest BCUT2D eigenvalue weighted by Crippen LogP contribution is 2.50. The lowest BCUT2D eigenvalue weighted by molar-refractivity contribution is -0.137. The molecule has 1 amide bonds. The lowest BCUT2D eigenvalue weighted by Gasteiger charge is -2.19. The largest absolute Gasteiger partial charge is 0.459 e. The minimum Gasteiger partial charge on any atom is -0.459 e. The third kappa shape index (κ3) is 4.77. The number of nitrogens with one attached hydrogen (secondary N) is 2.